The van der Waals surface area contributed by atoms with E-state index in [0.29, 0.717) is 24.3 Å². The first kappa shape index (κ1) is 10.7. The van der Waals surface area contributed by atoms with Crippen molar-refractivity contribution in [2.45, 2.75) is 13.5 Å². The van der Waals surface area contributed by atoms with Crippen LogP contribution in [0.15, 0.2) is 24.3 Å². The summed E-state index contributed by atoms with van der Waals surface area (Å²) < 4.78 is 0. The molecule has 0 saturated carbocycles. The molecular weight excluding hydrogens is 182 g/mol. The molecule has 0 N–H and O–H groups in total. The highest BCUT2D eigenvalue weighted by Gasteiger charge is 2.03. The summed E-state index contributed by atoms with van der Waals surface area (Å²) >= 11 is 0. The quantitative estimate of drug-likeness (QED) is 0.527. The normalized spacial score (nSPS) is 9.86. The number of hydrogen-bond acceptors (Lipinski definition) is 2. The summed E-state index contributed by atoms with van der Waals surface area (Å²) in [5, 5.41) is 11.6. The molecule has 1 radical (unpaired) electrons. The molecule has 0 heterocycles. The molecule has 4 heteroatoms. The Hall–Kier alpha value is -1.39. The van der Waals surface area contributed by atoms with Crippen molar-refractivity contribution >= 4 is 12.1 Å². The molecule has 0 atom stereocenters. The van der Waals surface area contributed by atoms with Gasteiger partial charge in [-0.15, -0.1) is 0 Å². The van der Waals surface area contributed by atoms with Gasteiger partial charge >= 0.3 is 0 Å². The van der Waals surface area contributed by atoms with Gasteiger partial charge in [0.15, 0.2) is 0 Å². The lowest BCUT2D eigenvalue weighted by atomic mass is 10.2. The molecule has 1 amide bonds. The Kier molecular flexibility index (Phi) is 4.10. The predicted molar refractivity (Wildman–Crippen MR) is 51.0 cm³/mol. The third-order valence-corrected chi connectivity index (χ3v) is 1.72. The molecule has 4 nitrogen and oxygen atoms in total. The van der Waals surface area contributed by atoms with E-state index in [4.69, 9.17) is 4.84 Å². The summed E-state index contributed by atoms with van der Waals surface area (Å²) in [6.07, 6.45) is 0.593. The third kappa shape index (κ3) is 2.55. The molecule has 1 aromatic carbocycles. The molecule has 0 spiro atoms. The summed E-state index contributed by atoms with van der Waals surface area (Å²) in [7, 11) is 0. The first-order valence-corrected chi connectivity index (χ1v) is 4.36. The Bertz CT molecular complexity index is 284. The van der Waals surface area contributed by atoms with Crippen molar-refractivity contribution in [1.82, 2.24) is 0 Å². The standard InChI is InChI=1S/C10H12NO3/c1-2-14-11(8-13)10-5-3-9(7-12)4-6-10/h3-6,8H,2,7H2,1H3. The second kappa shape index (κ2) is 5.36. The van der Waals surface area contributed by atoms with Gasteiger partial charge < -0.3 is 0 Å². The highest BCUT2D eigenvalue weighted by Crippen LogP contribution is 2.14. The smallest absolute Gasteiger partial charge is 0.238 e. The second-order valence-corrected chi connectivity index (χ2v) is 2.66. The van der Waals surface area contributed by atoms with Crippen molar-refractivity contribution in [1.29, 1.82) is 0 Å². The van der Waals surface area contributed by atoms with Crippen molar-refractivity contribution in [2.75, 3.05) is 11.7 Å². The fourth-order valence-corrected chi connectivity index (χ4v) is 1.04. The number of carbonyl (C=O) groups is 1. The number of rotatable bonds is 5. The van der Waals surface area contributed by atoms with E-state index < -0.39 is 0 Å². The average molecular weight is 194 g/mol. The highest BCUT2D eigenvalue weighted by molar-refractivity contribution is 5.72. The van der Waals surface area contributed by atoms with Gasteiger partial charge in [-0.25, -0.2) is 5.11 Å². The van der Waals surface area contributed by atoms with Crippen LogP contribution in [0.1, 0.15) is 12.5 Å². The van der Waals surface area contributed by atoms with Gasteiger partial charge in [-0.2, -0.15) is 5.06 Å². The van der Waals surface area contributed by atoms with Crippen molar-refractivity contribution in [3.63, 3.8) is 0 Å². The van der Waals surface area contributed by atoms with E-state index in [1.807, 2.05) is 0 Å². The van der Waals surface area contributed by atoms with Crippen molar-refractivity contribution in [2.24, 2.45) is 0 Å². The van der Waals surface area contributed by atoms with E-state index in [0.717, 1.165) is 5.06 Å². The summed E-state index contributed by atoms with van der Waals surface area (Å²) in [6, 6.07) is 6.71. The molecule has 14 heavy (non-hydrogen) atoms. The minimum atomic E-state index is -0.254. The lowest BCUT2D eigenvalue weighted by molar-refractivity contribution is -0.113. The molecule has 0 aliphatic rings. The lowest BCUT2D eigenvalue weighted by Crippen LogP contribution is -2.21. The Balaban J connectivity index is 2.78. The first-order chi connectivity index (χ1) is 6.81. The Labute approximate surface area is 82.7 Å². The van der Waals surface area contributed by atoms with E-state index in [1.165, 1.54) is 0 Å². The Morgan fingerprint density at radius 1 is 1.36 bits per heavy atom. The molecule has 0 aromatic heterocycles. The van der Waals surface area contributed by atoms with Gasteiger partial charge in [0.2, 0.25) is 6.41 Å². The monoisotopic (exact) mass is 194 g/mol. The van der Waals surface area contributed by atoms with Crippen LogP contribution in [0.5, 0.6) is 0 Å². The minimum Gasteiger partial charge on any atom is -0.276 e. The maximum atomic E-state index is 10.6. The topological polar surface area (TPSA) is 49.4 Å². The third-order valence-electron chi connectivity index (χ3n) is 1.72. The average Bonchev–Trinajstić information content (AvgIpc) is 2.26. The minimum absolute atomic E-state index is 0.254. The molecule has 0 aliphatic heterocycles. The zero-order valence-electron chi connectivity index (χ0n) is 7.97. The fraction of sp³-hybridized carbons (Fsp3) is 0.300. The maximum Gasteiger partial charge on any atom is 0.238 e. The number of nitrogens with zero attached hydrogens (tertiary/aromatic N) is 1. The van der Waals surface area contributed by atoms with Crippen LogP contribution in [0.4, 0.5) is 5.69 Å². The summed E-state index contributed by atoms with van der Waals surface area (Å²) in [4.78, 5) is 15.6. The van der Waals surface area contributed by atoms with E-state index >= 15 is 0 Å². The first-order valence-electron chi connectivity index (χ1n) is 4.36. The zero-order valence-corrected chi connectivity index (χ0v) is 7.97. The van der Waals surface area contributed by atoms with Gasteiger partial charge in [-0.05, 0) is 24.6 Å². The Morgan fingerprint density at radius 2 is 2.00 bits per heavy atom. The number of amides is 1. The number of benzene rings is 1. The zero-order chi connectivity index (χ0) is 10.4. The van der Waals surface area contributed by atoms with E-state index in [2.05, 4.69) is 0 Å². The molecule has 75 valence electrons. The van der Waals surface area contributed by atoms with Crippen molar-refractivity contribution < 1.29 is 14.7 Å². The number of anilines is 1. The van der Waals surface area contributed by atoms with Crippen LogP contribution in [0.2, 0.25) is 0 Å². The lowest BCUT2D eigenvalue weighted by Gasteiger charge is -2.15. The van der Waals surface area contributed by atoms with Gasteiger partial charge in [0.05, 0.1) is 12.3 Å². The number of carbonyl (C=O) groups excluding carboxylic acids is 1. The molecule has 1 rings (SSSR count). The van der Waals surface area contributed by atoms with Crippen LogP contribution < -0.4 is 5.06 Å². The molecule has 0 unspecified atom stereocenters. The highest BCUT2D eigenvalue weighted by atomic mass is 16.7. The van der Waals surface area contributed by atoms with Gasteiger partial charge in [0.25, 0.3) is 0 Å². The van der Waals surface area contributed by atoms with Crippen LogP contribution in [0.3, 0.4) is 0 Å². The van der Waals surface area contributed by atoms with E-state index in [-0.39, 0.29) is 6.61 Å². The van der Waals surface area contributed by atoms with E-state index in [9.17, 15) is 9.90 Å². The molecular formula is C10H12NO3. The van der Waals surface area contributed by atoms with Crippen LogP contribution >= 0.6 is 0 Å². The fourth-order valence-electron chi connectivity index (χ4n) is 1.04. The number of hydrogen-bond donors (Lipinski definition) is 0. The van der Waals surface area contributed by atoms with Crippen molar-refractivity contribution in [3.8, 4) is 0 Å². The maximum absolute atomic E-state index is 10.6. The number of hydroxylamine groups is 1. The summed E-state index contributed by atoms with van der Waals surface area (Å²) in [6.45, 7) is 1.96. The van der Waals surface area contributed by atoms with Crippen LogP contribution in [-0.2, 0) is 21.3 Å². The molecule has 1 aromatic rings. The van der Waals surface area contributed by atoms with Gasteiger partial charge in [0, 0.05) is 0 Å². The Morgan fingerprint density at radius 3 is 2.43 bits per heavy atom. The van der Waals surface area contributed by atoms with Crippen molar-refractivity contribution in [3.05, 3.63) is 29.8 Å². The predicted octanol–water partition coefficient (Wildman–Crippen LogP) is 1.53. The molecule has 0 saturated heterocycles. The van der Waals surface area contributed by atoms with Crippen LogP contribution in [0, 0.1) is 0 Å². The SMILES string of the molecule is CCON(C=O)c1ccc(C[O])cc1. The molecule has 0 bridgehead atoms. The van der Waals surface area contributed by atoms with Gasteiger partial charge in [-0.1, -0.05) is 12.1 Å². The van der Waals surface area contributed by atoms with Crippen LogP contribution in [0.25, 0.3) is 0 Å². The summed E-state index contributed by atoms with van der Waals surface area (Å²) in [5.74, 6) is 0. The second-order valence-electron chi connectivity index (χ2n) is 2.66. The molecule has 0 aliphatic carbocycles. The van der Waals surface area contributed by atoms with Gasteiger partial charge in [-0.3, -0.25) is 9.63 Å². The van der Waals surface area contributed by atoms with E-state index in [1.54, 1.807) is 31.2 Å². The summed E-state index contributed by atoms with van der Waals surface area (Å²) in [5.41, 5.74) is 1.31. The van der Waals surface area contributed by atoms with Crippen LogP contribution in [-0.4, -0.2) is 13.0 Å². The van der Waals surface area contributed by atoms with Gasteiger partial charge in [0.1, 0.15) is 6.61 Å². The largest absolute Gasteiger partial charge is 0.276 e. The molecule has 0 fully saturated rings.